The minimum absolute atomic E-state index is 0.0284. The van der Waals surface area contributed by atoms with Gasteiger partial charge in [0.25, 0.3) is 0 Å². The first kappa shape index (κ1) is 63.0. The molecule has 0 rings (SSSR count). The molecule has 372 valence electrons. The van der Waals surface area contributed by atoms with Crippen molar-refractivity contribution in [2.45, 2.75) is 355 Å². The van der Waals surface area contributed by atoms with Gasteiger partial charge in [-0.3, -0.25) is 9.59 Å². The van der Waals surface area contributed by atoms with Gasteiger partial charge in [-0.1, -0.05) is 323 Å². The van der Waals surface area contributed by atoms with Crippen LogP contribution in [-0.2, 0) is 14.3 Å². The molecule has 0 aliphatic rings. The fourth-order valence-electron chi connectivity index (χ4n) is 8.90. The van der Waals surface area contributed by atoms with E-state index in [4.69, 9.17) is 9.84 Å². The quantitative estimate of drug-likeness (QED) is 0.0488. The monoisotopic (exact) mass is 877 g/mol. The molecule has 4 heteroatoms. The van der Waals surface area contributed by atoms with E-state index in [0.29, 0.717) is 19.4 Å². The lowest BCUT2D eigenvalue weighted by atomic mass is 10.0. The van der Waals surface area contributed by atoms with Gasteiger partial charge in [0.2, 0.25) is 0 Å². The molecule has 0 atom stereocenters. The van der Waals surface area contributed by atoms with Gasteiger partial charge in [0, 0.05) is 12.8 Å². The number of esters is 1. The molecular weight excluding hydrogens is 761 g/mol. The number of carbonyl (C=O) groups excluding carboxylic acids is 1. The van der Waals surface area contributed by atoms with E-state index in [-0.39, 0.29) is 5.97 Å². The van der Waals surface area contributed by atoms with Crippen LogP contribution >= 0.6 is 0 Å². The van der Waals surface area contributed by atoms with Crippen LogP contribution in [0.2, 0.25) is 0 Å². The predicted molar refractivity (Wildman–Crippen MR) is 276 cm³/mol. The molecule has 0 radical (unpaired) electrons. The molecule has 0 saturated carbocycles. The van der Waals surface area contributed by atoms with Crippen LogP contribution in [0.5, 0.6) is 0 Å². The van der Waals surface area contributed by atoms with Crippen LogP contribution in [-0.4, -0.2) is 23.7 Å². The summed E-state index contributed by atoms with van der Waals surface area (Å²) in [5, 5.41) is 8.56. The molecule has 0 bridgehead atoms. The Morgan fingerprint density at radius 1 is 0.258 bits per heavy atom. The maximum absolute atomic E-state index is 11.9. The summed E-state index contributed by atoms with van der Waals surface area (Å²) >= 11 is 0. The molecule has 0 unspecified atom stereocenters. The third kappa shape index (κ3) is 63.2. The number of unbranched alkanes of at least 4 members (excludes halogenated alkanes) is 47. The van der Waals surface area contributed by atoms with Crippen LogP contribution < -0.4 is 0 Å². The molecule has 0 spiro atoms. The molecule has 62 heavy (non-hydrogen) atoms. The van der Waals surface area contributed by atoms with E-state index in [0.717, 1.165) is 25.7 Å². The summed E-state index contributed by atoms with van der Waals surface area (Å²) in [6.45, 7) is 7.50. The third-order valence-corrected chi connectivity index (χ3v) is 13.2. The topological polar surface area (TPSA) is 63.6 Å². The van der Waals surface area contributed by atoms with Crippen molar-refractivity contribution in [3.8, 4) is 0 Å². The number of hydrogen-bond acceptors (Lipinski definition) is 3. The Kier molecular flexibility index (Phi) is 60.9. The Balaban J connectivity index is 0. The molecule has 0 aromatic heterocycles. The smallest absolute Gasteiger partial charge is 0.305 e. The normalized spacial score (nSPS) is 11.2. The Bertz CT molecular complexity index is 811. The van der Waals surface area contributed by atoms with Crippen LogP contribution in [0, 0.1) is 0 Å². The maximum Gasteiger partial charge on any atom is 0.305 e. The number of carbonyl (C=O) groups is 2. The number of hydrogen-bond donors (Lipinski definition) is 1. The maximum atomic E-state index is 11.9. The van der Waals surface area contributed by atoms with Gasteiger partial charge in [0.15, 0.2) is 0 Å². The Morgan fingerprint density at radius 2 is 0.435 bits per heavy atom. The first-order valence-electron chi connectivity index (χ1n) is 29.0. The van der Waals surface area contributed by atoms with Gasteiger partial charge >= 0.3 is 11.9 Å². The van der Waals surface area contributed by atoms with E-state index in [1.54, 1.807) is 0 Å². The first-order valence-corrected chi connectivity index (χ1v) is 29.0. The van der Waals surface area contributed by atoms with E-state index in [1.165, 1.54) is 295 Å². The summed E-state index contributed by atoms with van der Waals surface area (Å²) in [7, 11) is 0. The van der Waals surface area contributed by atoms with Gasteiger partial charge in [0.1, 0.15) is 0 Å². The van der Waals surface area contributed by atoms with E-state index >= 15 is 0 Å². The molecule has 4 nitrogen and oxygen atoms in total. The van der Waals surface area contributed by atoms with Gasteiger partial charge in [0.05, 0.1) is 6.61 Å². The molecule has 0 heterocycles. The lowest BCUT2D eigenvalue weighted by Crippen LogP contribution is -2.05. The van der Waals surface area contributed by atoms with E-state index in [9.17, 15) is 9.59 Å². The molecule has 1 N–H and O–H groups in total. The highest BCUT2D eigenvalue weighted by Crippen LogP contribution is 2.17. The summed E-state index contributed by atoms with van der Waals surface area (Å²) < 4.78 is 5.44. The lowest BCUT2D eigenvalue weighted by molar-refractivity contribution is -0.144. The number of carboxylic acids is 1. The SMILES string of the molecule is CCCCCCCCCCCCCCCCCCCCCC(=O)O.CCCCCCCCCCCCCCCCCCOC(=O)CCCCCCCCCCCCCCCCC. The number of ether oxygens (including phenoxy) is 1. The van der Waals surface area contributed by atoms with Crippen molar-refractivity contribution in [1.82, 2.24) is 0 Å². The van der Waals surface area contributed by atoms with Gasteiger partial charge < -0.3 is 9.84 Å². The van der Waals surface area contributed by atoms with Crippen molar-refractivity contribution in [2.24, 2.45) is 0 Å². The minimum atomic E-state index is -0.651. The molecular formula is C58H116O4. The van der Waals surface area contributed by atoms with E-state index in [2.05, 4.69) is 20.8 Å². The predicted octanol–water partition coefficient (Wildman–Crippen LogP) is 20.9. The fourth-order valence-corrected chi connectivity index (χ4v) is 8.90. The molecule has 0 aliphatic heterocycles. The first-order chi connectivity index (χ1) is 30.6. The summed E-state index contributed by atoms with van der Waals surface area (Å²) in [6, 6.07) is 0. The van der Waals surface area contributed by atoms with Crippen LogP contribution in [0.3, 0.4) is 0 Å². The third-order valence-electron chi connectivity index (χ3n) is 13.2. The zero-order chi connectivity index (χ0) is 45.3. The van der Waals surface area contributed by atoms with Gasteiger partial charge in [-0.05, 0) is 19.3 Å². The van der Waals surface area contributed by atoms with Crippen molar-refractivity contribution >= 4 is 11.9 Å². The second-order valence-corrected chi connectivity index (χ2v) is 19.7. The standard InChI is InChI=1S/C36H72O2.C22H44O2/c1-3-5-7-9-11-13-15-17-19-21-23-25-27-29-31-33-35-38-36(37)34-32-30-28-26-24-22-20-18-16-14-12-10-8-6-4-2;1-2-3-4-5-6-7-8-9-10-11-12-13-14-15-16-17-18-19-20-21-22(23)24/h3-35H2,1-2H3;2-21H2,1H3,(H,23,24). The number of rotatable bonds is 53. The molecule has 0 saturated heterocycles. The minimum Gasteiger partial charge on any atom is -0.481 e. The zero-order valence-corrected chi connectivity index (χ0v) is 43.1. The Morgan fingerprint density at radius 3 is 0.645 bits per heavy atom. The van der Waals surface area contributed by atoms with Gasteiger partial charge in [-0.15, -0.1) is 0 Å². The van der Waals surface area contributed by atoms with E-state index in [1.807, 2.05) is 0 Å². The van der Waals surface area contributed by atoms with Crippen molar-refractivity contribution in [3.05, 3.63) is 0 Å². The number of aliphatic carboxylic acids is 1. The lowest BCUT2D eigenvalue weighted by Gasteiger charge is -2.06. The summed E-state index contributed by atoms with van der Waals surface area (Å²) in [5.41, 5.74) is 0. The van der Waals surface area contributed by atoms with Crippen molar-refractivity contribution in [3.63, 3.8) is 0 Å². The van der Waals surface area contributed by atoms with E-state index < -0.39 is 5.97 Å². The van der Waals surface area contributed by atoms with Crippen molar-refractivity contribution in [2.75, 3.05) is 6.61 Å². The van der Waals surface area contributed by atoms with Gasteiger partial charge in [-0.25, -0.2) is 0 Å². The summed E-state index contributed by atoms with van der Waals surface area (Å²) in [4.78, 5) is 22.3. The summed E-state index contributed by atoms with van der Waals surface area (Å²) in [6.07, 6.45) is 69.2. The second-order valence-electron chi connectivity index (χ2n) is 19.7. The Labute approximate surface area is 391 Å². The highest BCUT2D eigenvalue weighted by atomic mass is 16.5. The molecule has 0 fully saturated rings. The highest BCUT2D eigenvalue weighted by Gasteiger charge is 2.03. The largest absolute Gasteiger partial charge is 0.481 e. The average molecular weight is 878 g/mol. The second kappa shape index (κ2) is 59.9. The van der Waals surface area contributed by atoms with Crippen LogP contribution in [0.15, 0.2) is 0 Å². The van der Waals surface area contributed by atoms with Crippen LogP contribution in [0.4, 0.5) is 0 Å². The molecule has 0 amide bonds. The molecule has 0 aromatic carbocycles. The van der Waals surface area contributed by atoms with Crippen LogP contribution in [0.25, 0.3) is 0 Å². The van der Waals surface area contributed by atoms with Gasteiger partial charge in [-0.2, -0.15) is 0 Å². The zero-order valence-electron chi connectivity index (χ0n) is 43.1. The molecule has 0 aliphatic carbocycles. The van der Waals surface area contributed by atoms with Crippen LogP contribution in [0.1, 0.15) is 355 Å². The van der Waals surface area contributed by atoms with Crippen molar-refractivity contribution < 1.29 is 19.4 Å². The highest BCUT2D eigenvalue weighted by molar-refractivity contribution is 5.69. The summed E-state index contributed by atoms with van der Waals surface area (Å²) in [5.74, 6) is -0.623. The molecule has 0 aromatic rings. The average Bonchev–Trinajstić information content (AvgIpc) is 3.27. The number of carboxylic acid groups (broad SMARTS) is 1. The van der Waals surface area contributed by atoms with Crippen molar-refractivity contribution in [1.29, 1.82) is 0 Å². The fraction of sp³-hybridized carbons (Fsp3) is 0.966. The Hall–Kier alpha value is -1.06.